The predicted octanol–water partition coefficient (Wildman–Crippen LogP) is 4.03. The van der Waals surface area contributed by atoms with Crippen molar-refractivity contribution in [2.75, 3.05) is 43.4 Å². The highest BCUT2D eigenvalue weighted by molar-refractivity contribution is 7.17. The van der Waals surface area contributed by atoms with E-state index in [2.05, 4.69) is 15.5 Å². The van der Waals surface area contributed by atoms with E-state index in [1.807, 2.05) is 4.90 Å². The van der Waals surface area contributed by atoms with Crippen LogP contribution < -0.4 is 10.6 Å². The third-order valence-corrected chi connectivity index (χ3v) is 7.61. The van der Waals surface area contributed by atoms with Gasteiger partial charge in [0.2, 0.25) is 11.8 Å². The van der Waals surface area contributed by atoms with Gasteiger partial charge in [0.25, 0.3) is 5.91 Å². The average Bonchev–Trinajstić information content (AvgIpc) is 2.97. The van der Waals surface area contributed by atoms with Crippen molar-refractivity contribution in [3.05, 3.63) is 45.3 Å². The van der Waals surface area contributed by atoms with Gasteiger partial charge in [-0.2, -0.15) is 0 Å². The summed E-state index contributed by atoms with van der Waals surface area (Å²) in [4.78, 5) is 42.9. The van der Waals surface area contributed by atoms with Crippen LogP contribution in [0.5, 0.6) is 0 Å². The number of hydrogen-bond donors (Lipinski definition) is 2. The highest BCUT2D eigenvalue weighted by Gasteiger charge is 2.27. The molecule has 1 fully saturated rings. The number of halogens is 1. The minimum atomic E-state index is -0.209. The van der Waals surface area contributed by atoms with Gasteiger partial charge in [-0.1, -0.05) is 11.6 Å². The van der Waals surface area contributed by atoms with Crippen LogP contribution in [-0.4, -0.2) is 60.2 Å². The van der Waals surface area contributed by atoms with Crippen molar-refractivity contribution in [3.8, 4) is 0 Å². The maximum atomic E-state index is 13.2. The number of hydrogen-bond acceptors (Lipinski definition) is 5. The number of nitrogens with zero attached hydrogens (tertiary/aromatic N) is 2. The first kappa shape index (κ1) is 23.7. The summed E-state index contributed by atoms with van der Waals surface area (Å²) in [6.07, 6.45) is 4.76. The highest BCUT2D eigenvalue weighted by atomic mass is 35.5. The van der Waals surface area contributed by atoms with Gasteiger partial charge in [-0.15, -0.1) is 11.3 Å². The van der Waals surface area contributed by atoms with Crippen LogP contribution in [0.3, 0.4) is 0 Å². The molecular formula is C24H29ClN4O3S. The van der Waals surface area contributed by atoms with Gasteiger partial charge in [0.1, 0.15) is 5.00 Å². The fourth-order valence-corrected chi connectivity index (χ4v) is 5.86. The molecule has 0 spiro atoms. The number of anilines is 2. The molecule has 0 saturated carbocycles. The Bertz CT molecular complexity index is 1040. The van der Waals surface area contributed by atoms with Crippen LogP contribution in [0.2, 0.25) is 5.02 Å². The van der Waals surface area contributed by atoms with Crippen LogP contribution in [-0.2, 0) is 22.4 Å². The zero-order valence-corrected chi connectivity index (χ0v) is 20.4. The van der Waals surface area contributed by atoms with E-state index >= 15 is 0 Å². The molecule has 0 radical (unpaired) electrons. The molecule has 176 valence electrons. The molecule has 1 aliphatic heterocycles. The lowest BCUT2D eigenvalue weighted by atomic mass is 9.95. The Labute approximate surface area is 203 Å². The SMILES string of the molecule is CC(=O)N1CCCN(CC(=O)Nc2sc3c(c2C(=O)Nc2ccc(Cl)cc2)CCCC3)CC1. The summed E-state index contributed by atoms with van der Waals surface area (Å²) in [6.45, 7) is 4.61. The molecule has 2 aromatic rings. The van der Waals surface area contributed by atoms with Crippen molar-refractivity contribution in [3.63, 3.8) is 0 Å². The Morgan fingerprint density at radius 1 is 0.970 bits per heavy atom. The van der Waals surface area contributed by atoms with Crippen LogP contribution >= 0.6 is 22.9 Å². The second-order valence-corrected chi connectivity index (χ2v) is 10.1. The molecular weight excluding hydrogens is 460 g/mol. The maximum Gasteiger partial charge on any atom is 0.258 e. The first-order valence-electron chi connectivity index (χ1n) is 11.4. The molecule has 0 bridgehead atoms. The zero-order chi connectivity index (χ0) is 23.4. The molecule has 0 atom stereocenters. The Kier molecular flexibility index (Phi) is 7.67. The van der Waals surface area contributed by atoms with Crippen LogP contribution in [0.1, 0.15) is 47.0 Å². The maximum absolute atomic E-state index is 13.2. The van der Waals surface area contributed by atoms with Crippen molar-refractivity contribution in [2.45, 2.75) is 39.0 Å². The molecule has 33 heavy (non-hydrogen) atoms. The highest BCUT2D eigenvalue weighted by Crippen LogP contribution is 2.38. The van der Waals surface area contributed by atoms with Crippen molar-refractivity contribution >= 4 is 51.3 Å². The molecule has 2 aliphatic rings. The zero-order valence-electron chi connectivity index (χ0n) is 18.8. The number of rotatable bonds is 5. The summed E-state index contributed by atoms with van der Waals surface area (Å²) >= 11 is 7.47. The quantitative estimate of drug-likeness (QED) is 0.665. The van der Waals surface area contributed by atoms with Crippen LogP contribution in [0.4, 0.5) is 10.7 Å². The summed E-state index contributed by atoms with van der Waals surface area (Å²) in [6, 6.07) is 7.00. The summed E-state index contributed by atoms with van der Waals surface area (Å²) < 4.78 is 0. The smallest absolute Gasteiger partial charge is 0.258 e. The lowest BCUT2D eigenvalue weighted by Crippen LogP contribution is -2.37. The van der Waals surface area contributed by atoms with Crippen LogP contribution in [0, 0.1) is 0 Å². The average molecular weight is 489 g/mol. The van der Waals surface area contributed by atoms with Crippen LogP contribution in [0.25, 0.3) is 0 Å². The summed E-state index contributed by atoms with van der Waals surface area (Å²) in [5.74, 6) is -0.272. The fourth-order valence-electron chi connectivity index (χ4n) is 4.43. The number of nitrogens with one attached hydrogen (secondary N) is 2. The van der Waals surface area contributed by atoms with Gasteiger partial charge in [0.15, 0.2) is 0 Å². The Morgan fingerprint density at radius 2 is 1.73 bits per heavy atom. The first-order chi connectivity index (χ1) is 15.9. The van der Waals surface area contributed by atoms with Crippen molar-refractivity contribution < 1.29 is 14.4 Å². The van der Waals surface area contributed by atoms with Crippen molar-refractivity contribution in [1.29, 1.82) is 0 Å². The largest absolute Gasteiger partial charge is 0.342 e. The molecule has 2 N–H and O–H groups in total. The fraction of sp³-hybridized carbons (Fsp3) is 0.458. The molecule has 9 heteroatoms. The second kappa shape index (κ2) is 10.7. The van der Waals surface area contributed by atoms with Gasteiger partial charge in [0, 0.05) is 48.7 Å². The predicted molar refractivity (Wildman–Crippen MR) is 132 cm³/mol. The molecule has 1 aromatic heterocycles. The van der Waals surface area contributed by atoms with Gasteiger partial charge in [0.05, 0.1) is 12.1 Å². The molecule has 4 rings (SSSR count). The molecule has 2 heterocycles. The van der Waals surface area contributed by atoms with Gasteiger partial charge in [-0.3, -0.25) is 19.3 Å². The number of carbonyl (C=O) groups is 3. The first-order valence-corrected chi connectivity index (χ1v) is 12.6. The number of aryl methyl sites for hydroxylation is 1. The summed E-state index contributed by atoms with van der Waals surface area (Å²) in [5.41, 5.74) is 2.30. The van der Waals surface area contributed by atoms with Crippen molar-refractivity contribution in [2.24, 2.45) is 0 Å². The minimum absolute atomic E-state index is 0.0711. The van der Waals surface area contributed by atoms with Gasteiger partial charge < -0.3 is 15.5 Å². The van der Waals surface area contributed by atoms with E-state index in [4.69, 9.17) is 11.6 Å². The van der Waals surface area contributed by atoms with Gasteiger partial charge in [-0.25, -0.2) is 0 Å². The van der Waals surface area contributed by atoms with E-state index in [0.717, 1.165) is 50.8 Å². The second-order valence-electron chi connectivity index (χ2n) is 8.56. The number of fused-ring (bicyclic) bond motifs is 1. The lowest BCUT2D eigenvalue weighted by molar-refractivity contribution is -0.128. The van der Waals surface area contributed by atoms with E-state index in [1.165, 1.54) is 16.2 Å². The topological polar surface area (TPSA) is 81.8 Å². The third-order valence-electron chi connectivity index (χ3n) is 6.15. The summed E-state index contributed by atoms with van der Waals surface area (Å²) in [7, 11) is 0. The lowest BCUT2D eigenvalue weighted by Gasteiger charge is -2.20. The molecule has 1 saturated heterocycles. The monoisotopic (exact) mass is 488 g/mol. The minimum Gasteiger partial charge on any atom is -0.342 e. The Balaban J connectivity index is 1.47. The van der Waals surface area contributed by atoms with E-state index < -0.39 is 0 Å². The number of thiophene rings is 1. The number of amides is 3. The van der Waals surface area contributed by atoms with Gasteiger partial charge >= 0.3 is 0 Å². The summed E-state index contributed by atoms with van der Waals surface area (Å²) in [5, 5.41) is 7.20. The molecule has 0 unspecified atom stereocenters. The van der Waals surface area contributed by atoms with E-state index in [9.17, 15) is 14.4 Å². The Morgan fingerprint density at radius 3 is 2.48 bits per heavy atom. The van der Waals surface area contributed by atoms with Gasteiger partial charge in [-0.05, 0) is 61.9 Å². The van der Waals surface area contributed by atoms with Crippen LogP contribution in [0.15, 0.2) is 24.3 Å². The Hall–Kier alpha value is -2.42. The third kappa shape index (κ3) is 5.93. The van der Waals surface area contributed by atoms with E-state index in [0.29, 0.717) is 34.4 Å². The molecule has 7 nitrogen and oxygen atoms in total. The van der Waals surface area contributed by atoms with E-state index in [1.54, 1.807) is 31.2 Å². The van der Waals surface area contributed by atoms with E-state index in [-0.39, 0.29) is 24.3 Å². The standard InChI is InChI=1S/C24H29ClN4O3S/c1-16(30)29-12-4-11-28(13-14-29)15-21(31)27-24-22(19-5-2-3-6-20(19)33-24)23(32)26-18-9-7-17(25)8-10-18/h7-10H,2-6,11-15H2,1H3,(H,26,32)(H,27,31). The molecule has 1 aliphatic carbocycles. The molecule has 3 amide bonds. The number of benzene rings is 1. The molecule has 1 aromatic carbocycles. The van der Waals surface area contributed by atoms with Crippen molar-refractivity contribution in [1.82, 2.24) is 9.80 Å². The normalized spacial score (nSPS) is 16.6. The number of carbonyl (C=O) groups excluding carboxylic acids is 3.